The van der Waals surface area contributed by atoms with Crippen LogP contribution in [-0.4, -0.2) is 69.1 Å². The molecule has 3 aromatic rings. The normalized spacial score (nSPS) is 16.0. The fourth-order valence-corrected chi connectivity index (χ4v) is 3.88. The molecule has 2 heterocycles. The molecule has 226 valence electrons. The van der Waals surface area contributed by atoms with E-state index < -0.39 is 17.7 Å². The summed E-state index contributed by atoms with van der Waals surface area (Å²) >= 11 is 0. The number of carbonyl (C=O) groups excluding carboxylic acids is 2. The summed E-state index contributed by atoms with van der Waals surface area (Å²) in [6.07, 6.45) is 2.03. The maximum atomic E-state index is 12.4. The van der Waals surface area contributed by atoms with Gasteiger partial charge >= 0.3 is 6.03 Å². The molecule has 2 aromatic carbocycles. The minimum atomic E-state index is -1.50. The highest BCUT2D eigenvalue weighted by molar-refractivity contribution is 6.01. The van der Waals surface area contributed by atoms with Crippen LogP contribution in [0, 0.1) is 0 Å². The van der Waals surface area contributed by atoms with E-state index in [-0.39, 0.29) is 41.8 Å². The first-order valence-electron chi connectivity index (χ1n) is 12.9. The second-order valence-electron chi connectivity index (χ2n) is 9.81. The van der Waals surface area contributed by atoms with Crippen molar-refractivity contribution in [2.75, 3.05) is 40.7 Å². The second-order valence-corrected chi connectivity index (χ2v) is 9.81. The molecular weight excluding hydrogens is 548 g/mol. The number of hydrogen-bond donors (Lipinski definition) is 8. The molecule has 1 fully saturated rings. The standard InChI is InChI=1S/C24H28N8O5.C3H8O2/c1-32(22-20(26)21(27-13-28-22)30-24(34)29-15-5-3-2-4-6-15)19-10-8-16(37-19)12-36-18-9-7-14(25)11-17(18)23(33)31-35;1-3(2,4)5/h2-7,9,11,13,16,19,35H,8,10,12,25-26H2,1H3,(H,31,33)(H2,27,28,29,30,34);4-5H,1-2H3. The van der Waals surface area contributed by atoms with Crippen molar-refractivity contribution in [2.24, 2.45) is 0 Å². The number of amides is 3. The lowest BCUT2D eigenvalue weighted by Gasteiger charge is -2.27. The molecule has 1 aromatic heterocycles. The number of benzene rings is 2. The van der Waals surface area contributed by atoms with Gasteiger partial charge in [-0.3, -0.25) is 15.3 Å². The van der Waals surface area contributed by atoms with Crippen molar-refractivity contribution < 1.29 is 34.5 Å². The van der Waals surface area contributed by atoms with Gasteiger partial charge in [-0.05, 0) is 57.0 Å². The lowest BCUT2D eigenvalue weighted by Crippen LogP contribution is -2.34. The van der Waals surface area contributed by atoms with E-state index in [0.29, 0.717) is 30.0 Å². The lowest BCUT2D eigenvalue weighted by atomic mass is 10.1. The zero-order valence-electron chi connectivity index (χ0n) is 23.4. The fraction of sp³-hybridized carbons (Fsp3) is 0.333. The van der Waals surface area contributed by atoms with Crippen LogP contribution in [0.2, 0.25) is 0 Å². The molecular formula is C27H36N8O7. The van der Waals surface area contributed by atoms with Crippen molar-refractivity contribution >= 4 is 40.6 Å². The zero-order valence-corrected chi connectivity index (χ0v) is 23.4. The Bertz CT molecular complexity index is 1350. The number of nitrogens with one attached hydrogen (secondary N) is 3. The summed E-state index contributed by atoms with van der Waals surface area (Å²) in [5, 5.41) is 30.5. The van der Waals surface area contributed by atoms with Gasteiger partial charge in [-0.1, -0.05) is 18.2 Å². The Hall–Kier alpha value is -4.70. The van der Waals surface area contributed by atoms with Crippen molar-refractivity contribution in [1.29, 1.82) is 0 Å². The average molecular weight is 585 g/mol. The van der Waals surface area contributed by atoms with Gasteiger partial charge in [-0.15, -0.1) is 0 Å². The number of nitrogen functional groups attached to an aromatic ring is 2. The van der Waals surface area contributed by atoms with Crippen LogP contribution in [0.25, 0.3) is 0 Å². The number of rotatable bonds is 8. The summed E-state index contributed by atoms with van der Waals surface area (Å²) in [7, 11) is 1.78. The number of hydrogen-bond acceptors (Lipinski definition) is 12. The molecule has 0 aliphatic carbocycles. The molecule has 0 bridgehead atoms. The summed E-state index contributed by atoms with van der Waals surface area (Å²) in [5.41, 5.74) is 14.9. The molecule has 15 nitrogen and oxygen atoms in total. The first-order valence-corrected chi connectivity index (χ1v) is 12.9. The van der Waals surface area contributed by atoms with Gasteiger partial charge in [0, 0.05) is 18.4 Å². The van der Waals surface area contributed by atoms with Crippen LogP contribution < -0.4 is 37.2 Å². The lowest BCUT2D eigenvalue weighted by molar-refractivity contribution is -0.127. The largest absolute Gasteiger partial charge is 0.490 e. The Morgan fingerprint density at radius 2 is 1.79 bits per heavy atom. The smallest absolute Gasteiger partial charge is 0.324 e. The third-order valence-electron chi connectivity index (χ3n) is 5.75. The number of para-hydroxylation sites is 1. The van der Waals surface area contributed by atoms with Crippen LogP contribution >= 0.6 is 0 Å². The topological polar surface area (TPSA) is 230 Å². The van der Waals surface area contributed by atoms with Gasteiger partial charge in [0.05, 0.1) is 11.7 Å². The van der Waals surface area contributed by atoms with E-state index >= 15 is 0 Å². The molecule has 10 N–H and O–H groups in total. The molecule has 1 saturated heterocycles. The molecule has 15 heteroatoms. The summed E-state index contributed by atoms with van der Waals surface area (Å²) in [6.45, 7) is 2.77. The number of nitrogens with two attached hydrogens (primary N) is 2. The molecule has 4 rings (SSSR count). The number of aliphatic hydroxyl groups is 2. The molecule has 0 saturated carbocycles. The van der Waals surface area contributed by atoms with Crippen LogP contribution in [0.15, 0.2) is 54.9 Å². The van der Waals surface area contributed by atoms with Crippen LogP contribution in [0.3, 0.4) is 0 Å². The van der Waals surface area contributed by atoms with Gasteiger partial charge < -0.3 is 41.4 Å². The van der Waals surface area contributed by atoms with Crippen molar-refractivity contribution in [3.63, 3.8) is 0 Å². The third kappa shape index (κ3) is 9.45. The fourth-order valence-electron chi connectivity index (χ4n) is 3.88. The Kier molecular flexibility index (Phi) is 10.8. The van der Waals surface area contributed by atoms with Crippen molar-refractivity contribution in [3.05, 3.63) is 60.4 Å². The predicted molar refractivity (Wildman–Crippen MR) is 156 cm³/mol. The van der Waals surface area contributed by atoms with E-state index in [4.69, 9.17) is 36.4 Å². The van der Waals surface area contributed by atoms with Crippen LogP contribution in [0.1, 0.15) is 37.0 Å². The Morgan fingerprint density at radius 1 is 1.10 bits per heavy atom. The maximum absolute atomic E-state index is 12.4. The Balaban J connectivity index is 0.000000892. The quantitative estimate of drug-likeness (QED) is 0.0824. The van der Waals surface area contributed by atoms with E-state index in [1.807, 2.05) is 18.2 Å². The van der Waals surface area contributed by atoms with Gasteiger partial charge in [-0.25, -0.2) is 20.2 Å². The summed E-state index contributed by atoms with van der Waals surface area (Å²) in [4.78, 5) is 34.4. The molecule has 2 unspecified atom stereocenters. The van der Waals surface area contributed by atoms with Gasteiger partial charge in [0.1, 0.15) is 30.6 Å². The SMILES string of the molecule is CC(C)(O)O.CN(c1ncnc(NC(=O)Nc2ccccc2)c1N)C1CCC(COc2ccc(N)cc2C(=O)NO)O1. The zero-order chi connectivity index (χ0) is 30.9. The molecule has 0 spiro atoms. The summed E-state index contributed by atoms with van der Waals surface area (Å²) < 4.78 is 11.9. The average Bonchev–Trinajstić information content (AvgIpc) is 3.41. The number of urea groups is 1. The van der Waals surface area contributed by atoms with E-state index in [1.165, 1.54) is 26.2 Å². The first-order chi connectivity index (χ1) is 19.9. The summed E-state index contributed by atoms with van der Waals surface area (Å²) in [5.74, 6) is -1.39. The number of hydroxylamine groups is 1. The van der Waals surface area contributed by atoms with Crippen molar-refractivity contribution in [1.82, 2.24) is 15.4 Å². The highest BCUT2D eigenvalue weighted by atomic mass is 16.6. The molecule has 42 heavy (non-hydrogen) atoms. The molecule has 3 amide bonds. The van der Waals surface area contributed by atoms with Gasteiger partial charge in [0.25, 0.3) is 5.91 Å². The number of anilines is 5. The number of nitrogens with zero attached hydrogens (tertiary/aromatic N) is 3. The molecule has 1 aliphatic heterocycles. The van der Waals surface area contributed by atoms with Crippen LogP contribution in [0.5, 0.6) is 5.75 Å². The minimum absolute atomic E-state index is 0.110. The summed E-state index contributed by atoms with van der Waals surface area (Å²) in [6, 6.07) is 13.1. The van der Waals surface area contributed by atoms with E-state index in [1.54, 1.807) is 41.7 Å². The van der Waals surface area contributed by atoms with Crippen molar-refractivity contribution in [2.45, 2.75) is 44.8 Å². The molecule has 0 radical (unpaired) electrons. The predicted octanol–water partition coefficient (Wildman–Crippen LogP) is 2.13. The van der Waals surface area contributed by atoms with E-state index in [9.17, 15) is 9.59 Å². The number of aromatic nitrogens is 2. The number of carbonyl (C=O) groups is 2. The monoisotopic (exact) mass is 584 g/mol. The molecule has 1 aliphatic rings. The first kappa shape index (κ1) is 31.8. The van der Waals surface area contributed by atoms with E-state index in [2.05, 4.69) is 20.6 Å². The van der Waals surface area contributed by atoms with Gasteiger partial charge in [0.2, 0.25) is 0 Å². The van der Waals surface area contributed by atoms with Gasteiger partial charge in [0.15, 0.2) is 17.4 Å². The van der Waals surface area contributed by atoms with Crippen LogP contribution in [0.4, 0.5) is 33.5 Å². The highest BCUT2D eigenvalue weighted by Gasteiger charge is 2.31. The second kappa shape index (κ2) is 14.3. The Labute approximate surface area is 242 Å². The Morgan fingerprint density at radius 3 is 2.45 bits per heavy atom. The van der Waals surface area contributed by atoms with Gasteiger partial charge in [-0.2, -0.15) is 0 Å². The molecule has 2 atom stereocenters. The van der Waals surface area contributed by atoms with Crippen molar-refractivity contribution in [3.8, 4) is 5.75 Å². The minimum Gasteiger partial charge on any atom is -0.490 e. The maximum Gasteiger partial charge on any atom is 0.324 e. The third-order valence-corrected chi connectivity index (χ3v) is 5.75. The van der Waals surface area contributed by atoms with E-state index in [0.717, 1.165) is 0 Å². The highest BCUT2D eigenvalue weighted by Crippen LogP contribution is 2.32. The number of ether oxygens (including phenoxy) is 2. The van der Waals surface area contributed by atoms with Crippen LogP contribution in [-0.2, 0) is 4.74 Å².